The van der Waals surface area contributed by atoms with Gasteiger partial charge in [0, 0.05) is 37.6 Å². The van der Waals surface area contributed by atoms with Crippen LogP contribution < -0.4 is 10.6 Å². The summed E-state index contributed by atoms with van der Waals surface area (Å²) in [4.78, 5) is 8.38. The Bertz CT molecular complexity index is 863. The molecule has 6 rings (SSSR count). The molecule has 4 heteroatoms. The van der Waals surface area contributed by atoms with E-state index in [0.717, 1.165) is 31.0 Å². The van der Waals surface area contributed by atoms with Crippen molar-refractivity contribution >= 4 is 23.4 Å². The maximum Gasteiger partial charge on any atom is 0.129 e. The van der Waals surface area contributed by atoms with Gasteiger partial charge >= 0.3 is 0 Å². The first kappa shape index (κ1) is 24.1. The number of pyridine rings is 1. The fourth-order valence-electron chi connectivity index (χ4n) is 3.75. The minimum absolute atomic E-state index is 0. The average Bonchev–Trinajstić information content (AvgIpc) is 3.29. The van der Waals surface area contributed by atoms with Gasteiger partial charge in [-0.1, -0.05) is 57.3 Å². The van der Waals surface area contributed by atoms with Crippen molar-refractivity contribution in [3.63, 3.8) is 0 Å². The Hall–Kier alpha value is -3.14. The van der Waals surface area contributed by atoms with Crippen LogP contribution in [0, 0.1) is 0 Å². The lowest BCUT2D eigenvalue weighted by atomic mass is 10.0. The number of para-hydroxylation sites is 2. The lowest BCUT2D eigenvalue weighted by Crippen LogP contribution is -2.12. The Balaban J connectivity index is 0.000000160. The van der Waals surface area contributed by atoms with Crippen LogP contribution in [0.15, 0.2) is 71.9 Å². The Kier molecular flexibility index (Phi) is 9.76. The van der Waals surface area contributed by atoms with Gasteiger partial charge in [0.1, 0.15) is 5.82 Å². The SMILES string of the molecule is C.C.C1=Nc2ccccc2C1.c1ccc2c(c1)CCCN2.c1cnc2c(c1)CCCN2. The molecule has 4 nitrogen and oxygen atoms in total. The van der Waals surface area contributed by atoms with Crippen molar-refractivity contribution in [3.05, 3.63) is 83.6 Å². The molecule has 0 amide bonds. The molecule has 0 radical (unpaired) electrons. The molecule has 0 aliphatic carbocycles. The van der Waals surface area contributed by atoms with Gasteiger partial charge in [-0.05, 0) is 60.6 Å². The fraction of sp³-hybridized carbons (Fsp3) is 0.333. The lowest BCUT2D eigenvalue weighted by Gasteiger charge is -2.16. The molecule has 0 unspecified atom stereocenters. The molecule has 31 heavy (non-hydrogen) atoms. The zero-order valence-corrected chi connectivity index (χ0v) is 16.8. The molecule has 3 aliphatic heterocycles. The minimum atomic E-state index is 0. The summed E-state index contributed by atoms with van der Waals surface area (Å²) in [6, 6.07) is 20.9. The molecule has 2 aromatic carbocycles. The van der Waals surface area contributed by atoms with E-state index in [0.29, 0.717) is 0 Å². The van der Waals surface area contributed by atoms with Gasteiger partial charge in [-0.3, -0.25) is 4.99 Å². The van der Waals surface area contributed by atoms with Gasteiger partial charge in [-0.15, -0.1) is 0 Å². The monoisotopic (exact) mass is 416 g/mol. The highest BCUT2D eigenvalue weighted by Gasteiger charge is 2.07. The number of hydrogen-bond donors (Lipinski definition) is 2. The van der Waals surface area contributed by atoms with Crippen molar-refractivity contribution in [3.8, 4) is 0 Å². The second-order valence-electron chi connectivity index (χ2n) is 7.37. The lowest BCUT2D eigenvalue weighted by molar-refractivity contribution is 0.818. The number of anilines is 2. The van der Waals surface area contributed by atoms with Crippen LogP contribution in [0.3, 0.4) is 0 Å². The molecule has 0 saturated carbocycles. The van der Waals surface area contributed by atoms with Gasteiger partial charge in [-0.25, -0.2) is 4.98 Å². The average molecular weight is 417 g/mol. The zero-order valence-electron chi connectivity index (χ0n) is 16.8. The molecule has 164 valence electrons. The maximum atomic E-state index is 4.21. The Morgan fingerprint density at radius 1 is 0.677 bits per heavy atom. The Morgan fingerprint density at radius 2 is 1.35 bits per heavy atom. The standard InChI is InChI=1S/C9H11N.C8H10N2.C8H7N.2CH4/c1-2-6-9-8(4-1)5-3-7-10-9;1-3-7-4-2-6-10-8(7)9-5-1;1-2-4-8-7(3-1)5-6-9-8;;/h1-2,4,6,10H,3,5,7H2;1,3,5H,2,4,6H2,(H,9,10);1-4,6H,5H2;2*1H4. The molecular formula is C27H36N4. The van der Waals surface area contributed by atoms with Gasteiger partial charge in [-0.2, -0.15) is 0 Å². The number of rotatable bonds is 0. The van der Waals surface area contributed by atoms with Crippen LogP contribution in [0.25, 0.3) is 0 Å². The summed E-state index contributed by atoms with van der Waals surface area (Å²) in [6.07, 6.45) is 9.72. The summed E-state index contributed by atoms with van der Waals surface area (Å²) < 4.78 is 0. The second-order valence-corrected chi connectivity index (χ2v) is 7.37. The third-order valence-corrected chi connectivity index (χ3v) is 5.30. The van der Waals surface area contributed by atoms with Crippen molar-refractivity contribution < 1.29 is 0 Å². The van der Waals surface area contributed by atoms with Gasteiger partial charge in [0.15, 0.2) is 0 Å². The first-order chi connectivity index (χ1) is 14.4. The van der Waals surface area contributed by atoms with Crippen molar-refractivity contribution in [2.45, 2.75) is 47.0 Å². The Labute approximate surface area is 187 Å². The molecule has 0 saturated heterocycles. The molecule has 3 aromatic rings. The van der Waals surface area contributed by atoms with E-state index in [1.165, 1.54) is 48.1 Å². The first-order valence-electron chi connectivity index (χ1n) is 10.5. The predicted octanol–water partition coefficient (Wildman–Crippen LogP) is 6.70. The normalized spacial score (nSPS) is 14.1. The predicted molar refractivity (Wildman–Crippen MR) is 136 cm³/mol. The number of nitrogens with one attached hydrogen (secondary N) is 2. The van der Waals surface area contributed by atoms with Crippen molar-refractivity contribution in [1.82, 2.24) is 4.98 Å². The van der Waals surface area contributed by atoms with Crippen molar-refractivity contribution in [2.75, 3.05) is 23.7 Å². The number of nitrogens with zero attached hydrogens (tertiary/aromatic N) is 2. The highest BCUT2D eigenvalue weighted by atomic mass is 15.0. The van der Waals surface area contributed by atoms with E-state index in [2.05, 4.69) is 57.0 Å². The van der Waals surface area contributed by atoms with Crippen LogP contribution in [0.1, 0.15) is 44.4 Å². The highest BCUT2D eigenvalue weighted by Crippen LogP contribution is 2.22. The molecular weight excluding hydrogens is 380 g/mol. The third-order valence-electron chi connectivity index (χ3n) is 5.30. The summed E-state index contributed by atoms with van der Waals surface area (Å²) in [5, 5.41) is 6.61. The van der Waals surface area contributed by atoms with Gasteiger partial charge in [0.25, 0.3) is 0 Å². The smallest absolute Gasteiger partial charge is 0.129 e. The van der Waals surface area contributed by atoms with Gasteiger partial charge in [0.05, 0.1) is 5.69 Å². The molecule has 0 atom stereocenters. The summed E-state index contributed by atoms with van der Waals surface area (Å²) in [6.45, 7) is 2.21. The number of aromatic nitrogens is 1. The Morgan fingerprint density at radius 3 is 2.13 bits per heavy atom. The molecule has 2 N–H and O–H groups in total. The minimum Gasteiger partial charge on any atom is -0.385 e. The van der Waals surface area contributed by atoms with Gasteiger partial charge in [0.2, 0.25) is 0 Å². The van der Waals surface area contributed by atoms with E-state index < -0.39 is 0 Å². The van der Waals surface area contributed by atoms with Crippen LogP contribution in [0.4, 0.5) is 17.2 Å². The van der Waals surface area contributed by atoms with Crippen molar-refractivity contribution in [1.29, 1.82) is 0 Å². The quantitative estimate of drug-likeness (QED) is 0.428. The molecule has 0 spiro atoms. The number of fused-ring (bicyclic) bond motifs is 3. The van der Waals surface area contributed by atoms with E-state index in [1.807, 2.05) is 36.7 Å². The van der Waals surface area contributed by atoms with Crippen LogP contribution in [0.2, 0.25) is 0 Å². The maximum absolute atomic E-state index is 4.21. The third kappa shape index (κ3) is 6.68. The van der Waals surface area contributed by atoms with E-state index in [4.69, 9.17) is 0 Å². The molecule has 4 heterocycles. The van der Waals surface area contributed by atoms with E-state index in [1.54, 1.807) is 0 Å². The summed E-state index contributed by atoms with van der Waals surface area (Å²) in [7, 11) is 0. The highest BCUT2D eigenvalue weighted by molar-refractivity contribution is 5.75. The van der Waals surface area contributed by atoms with Gasteiger partial charge < -0.3 is 10.6 Å². The van der Waals surface area contributed by atoms with E-state index >= 15 is 0 Å². The second kappa shape index (κ2) is 12.5. The van der Waals surface area contributed by atoms with Crippen molar-refractivity contribution in [2.24, 2.45) is 4.99 Å². The molecule has 0 bridgehead atoms. The summed E-state index contributed by atoms with van der Waals surface area (Å²) in [5.74, 6) is 1.08. The topological polar surface area (TPSA) is 49.3 Å². The van der Waals surface area contributed by atoms with Crippen LogP contribution in [-0.2, 0) is 19.3 Å². The number of benzene rings is 2. The fourth-order valence-corrected chi connectivity index (χ4v) is 3.75. The van der Waals surface area contributed by atoms with E-state index in [-0.39, 0.29) is 14.9 Å². The van der Waals surface area contributed by atoms with Crippen LogP contribution in [-0.4, -0.2) is 24.3 Å². The summed E-state index contributed by atoms with van der Waals surface area (Å²) >= 11 is 0. The molecule has 0 fully saturated rings. The largest absolute Gasteiger partial charge is 0.385 e. The number of aliphatic imine (C=N–C) groups is 1. The van der Waals surface area contributed by atoms with Crippen LogP contribution >= 0.6 is 0 Å². The number of aryl methyl sites for hydroxylation is 2. The zero-order chi connectivity index (χ0) is 19.7. The summed E-state index contributed by atoms with van der Waals surface area (Å²) in [5.41, 5.74) is 6.63. The first-order valence-corrected chi connectivity index (χ1v) is 10.5. The molecule has 3 aliphatic rings. The molecule has 1 aromatic heterocycles. The van der Waals surface area contributed by atoms with Crippen LogP contribution in [0.5, 0.6) is 0 Å². The van der Waals surface area contributed by atoms with E-state index in [9.17, 15) is 0 Å². The number of hydrogen-bond acceptors (Lipinski definition) is 4.